The Labute approximate surface area is 271 Å². The van der Waals surface area contributed by atoms with Crippen LogP contribution in [-0.2, 0) is 18.3 Å². The van der Waals surface area contributed by atoms with Crippen LogP contribution in [0.1, 0.15) is 63.3 Å². The predicted octanol–water partition coefficient (Wildman–Crippen LogP) is 4.38. The van der Waals surface area contributed by atoms with Crippen molar-refractivity contribution in [3.8, 4) is 6.07 Å². The molecule has 3 aliphatic carbocycles. The fraction of sp³-hybridized carbons (Fsp3) is 0.459. The van der Waals surface area contributed by atoms with Crippen molar-refractivity contribution in [2.45, 2.75) is 50.6 Å². The Morgan fingerprint density at radius 3 is 2.24 bits per heavy atom. The maximum absolute atomic E-state index is 13.1. The van der Waals surface area contributed by atoms with E-state index in [4.69, 9.17) is 4.42 Å². The van der Waals surface area contributed by atoms with Gasteiger partial charge in [-0.2, -0.15) is 5.26 Å². The molecule has 0 radical (unpaired) electrons. The summed E-state index contributed by atoms with van der Waals surface area (Å²) in [7, 11) is 7.56. The highest BCUT2D eigenvalue weighted by atomic mass is 16.4. The van der Waals surface area contributed by atoms with E-state index >= 15 is 0 Å². The van der Waals surface area contributed by atoms with Crippen molar-refractivity contribution in [3.63, 3.8) is 0 Å². The number of fused-ring (bicyclic) bond motifs is 3. The molecule has 1 amide bonds. The molecule has 5 aliphatic rings. The summed E-state index contributed by atoms with van der Waals surface area (Å²) in [5.41, 5.74) is 7.71. The molecule has 1 aromatic heterocycles. The summed E-state index contributed by atoms with van der Waals surface area (Å²) in [5, 5.41) is 22.5. The van der Waals surface area contributed by atoms with Gasteiger partial charge in [-0.1, -0.05) is 38.3 Å². The van der Waals surface area contributed by atoms with Crippen molar-refractivity contribution in [1.82, 2.24) is 30.2 Å². The monoisotopic (exact) mass is 617 g/mol. The van der Waals surface area contributed by atoms with E-state index in [1.165, 1.54) is 5.56 Å². The number of carbonyl (C=O) groups is 1. The van der Waals surface area contributed by atoms with Crippen LogP contribution in [-0.4, -0.2) is 84.2 Å². The molecular weight excluding hydrogens is 574 g/mol. The number of amides is 1. The number of aromatic nitrogens is 2. The van der Waals surface area contributed by atoms with Crippen molar-refractivity contribution >= 4 is 11.6 Å². The summed E-state index contributed by atoms with van der Waals surface area (Å²) in [4.78, 5) is 19.0. The zero-order valence-corrected chi connectivity index (χ0v) is 27.7. The maximum atomic E-state index is 13.1. The lowest BCUT2D eigenvalue weighted by molar-refractivity contribution is 0.0827. The molecule has 46 heavy (non-hydrogen) atoms. The maximum Gasteiger partial charge on any atom is 0.253 e. The minimum absolute atomic E-state index is 0.0280. The zero-order valence-electron chi connectivity index (χ0n) is 27.7. The van der Waals surface area contributed by atoms with Crippen LogP contribution in [0.5, 0.6) is 0 Å². The van der Waals surface area contributed by atoms with E-state index in [0.717, 1.165) is 46.5 Å². The Balaban J connectivity index is 1.26. The molecule has 6 atom stereocenters. The first-order chi connectivity index (χ1) is 21.9. The van der Waals surface area contributed by atoms with Gasteiger partial charge in [0, 0.05) is 70.6 Å². The largest absolute Gasteiger partial charge is 0.424 e. The molecule has 2 aliphatic heterocycles. The molecule has 3 heterocycles. The third-order valence-corrected chi connectivity index (χ3v) is 11.2. The highest BCUT2D eigenvalue weighted by Gasteiger charge is 2.93. The van der Waals surface area contributed by atoms with Crippen LogP contribution in [0.2, 0.25) is 0 Å². The first kappa shape index (κ1) is 30.2. The standard InChI is InChI=1S/C37H43N7O2/c1-21(44-30(19-38)31-32-33(44)36(31,32)4)20-39-16-15-37(35-41-40-23(3)46-35)28-13-11-24(22(2)42(5)6)17-25(28)9-10-26-18-27(12-14-29(26)37)34(45)43(7)8/h11-14,17-18,30-33,39H,1-2,9-10,15-16,20H2,3-8H3/t30?,31?,32-,33+,36-,37?/m0/s1. The van der Waals surface area contributed by atoms with E-state index in [0.29, 0.717) is 60.1 Å². The molecule has 2 bridgehead atoms. The van der Waals surface area contributed by atoms with Crippen molar-refractivity contribution in [2.75, 3.05) is 41.3 Å². The molecule has 2 aromatic carbocycles. The minimum atomic E-state index is -0.753. The van der Waals surface area contributed by atoms with E-state index < -0.39 is 5.41 Å². The van der Waals surface area contributed by atoms with Crippen LogP contribution in [0.3, 0.4) is 0 Å². The minimum Gasteiger partial charge on any atom is -0.424 e. The van der Waals surface area contributed by atoms with Crippen molar-refractivity contribution in [1.29, 1.82) is 5.26 Å². The van der Waals surface area contributed by atoms with E-state index in [1.54, 1.807) is 19.0 Å². The number of hydrogen-bond donors (Lipinski definition) is 1. The van der Waals surface area contributed by atoms with Gasteiger partial charge in [-0.3, -0.25) is 4.79 Å². The number of nitrogens with one attached hydrogen (secondary N) is 1. The topological polar surface area (TPSA) is 102 Å². The summed E-state index contributed by atoms with van der Waals surface area (Å²) < 4.78 is 6.34. The number of nitrogens with zero attached hydrogens (tertiary/aromatic N) is 6. The van der Waals surface area contributed by atoms with Gasteiger partial charge in [-0.05, 0) is 83.2 Å². The molecule has 9 nitrogen and oxygen atoms in total. The molecule has 0 spiro atoms. The molecule has 4 fully saturated rings. The first-order valence-electron chi connectivity index (χ1n) is 16.2. The zero-order chi connectivity index (χ0) is 32.7. The van der Waals surface area contributed by atoms with Crippen LogP contribution < -0.4 is 5.32 Å². The quantitative estimate of drug-likeness (QED) is 0.335. The van der Waals surface area contributed by atoms with E-state index in [9.17, 15) is 10.1 Å². The van der Waals surface area contributed by atoms with Gasteiger partial charge in [0.25, 0.3) is 5.91 Å². The lowest BCUT2D eigenvalue weighted by atomic mass is 9.69. The molecule has 9 heteroatoms. The van der Waals surface area contributed by atoms with Crippen LogP contribution in [0.4, 0.5) is 0 Å². The number of aryl methyl sites for hydroxylation is 3. The third-order valence-electron chi connectivity index (χ3n) is 11.2. The second-order valence-electron chi connectivity index (χ2n) is 14.2. The van der Waals surface area contributed by atoms with Crippen LogP contribution in [0.15, 0.2) is 59.7 Å². The van der Waals surface area contributed by atoms with Gasteiger partial charge >= 0.3 is 0 Å². The lowest BCUT2D eigenvalue weighted by Gasteiger charge is -2.34. The number of rotatable bonds is 10. The summed E-state index contributed by atoms with van der Waals surface area (Å²) in [6.45, 7) is 14.1. The van der Waals surface area contributed by atoms with Gasteiger partial charge in [0.1, 0.15) is 11.5 Å². The smallest absolute Gasteiger partial charge is 0.253 e. The molecule has 2 saturated carbocycles. The van der Waals surface area contributed by atoms with Crippen LogP contribution in [0.25, 0.3) is 5.70 Å². The molecule has 8 rings (SSSR count). The Morgan fingerprint density at radius 1 is 1.04 bits per heavy atom. The lowest BCUT2D eigenvalue weighted by Crippen LogP contribution is -2.37. The highest BCUT2D eigenvalue weighted by Crippen LogP contribution is 2.87. The Bertz CT molecular complexity index is 1740. The molecule has 3 unspecified atom stereocenters. The van der Waals surface area contributed by atoms with Crippen molar-refractivity contribution < 1.29 is 9.21 Å². The normalized spacial score (nSPS) is 27.9. The summed E-state index contributed by atoms with van der Waals surface area (Å²) in [5.74, 6) is 2.18. The fourth-order valence-electron chi connectivity index (χ4n) is 8.66. The number of carbonyl (C=O) groups excluding carboxylic acids is 1. The van der Waals surface area contributed by atoms with Gasteiger partial charge in [0.2, 0.25) is 11.8 Å². The fourth-order valence-corrected chi connectivity index (χ4v) is 8.66. The summed E-state index contributed by atoms with van der Waals surface area (Å²) in [6.07, 6.45) is 2.20. The predicted molar refractivity (Wildman–Crippen MR) is 177 cm³/mol. The third kappa shape index (κ3) is 4.26. The number of hydrogen-bond acceptors (Lipinski definition) is 8. The number of nitriles is 1. The Hall–Kier alpha value is -4.42. The molecular formula is C37H43N7O2. The summed E-state index contributed by atoms with van der Waals surface area (Å²) in [6, 6.07) is 15.6. The van der Waals surface area contributed by atoms with Gasteiger partial charge in [-0.15, -0.1) is 10.2 Å². The Kier molecular flexibility index (Phi) is 6.94. The number of benzene rings is 2. The van der Waals surface area contributed by atoms with Gasteiger partial charge in [-0.25, -0.2) is 0 Å². The second kappa shape index (κ2) is 10.6. The average Bonchev–Trinajstić information content (AvgIpc) is 3.56. The number of piperidine rings is 1. The van der Waals surface area contributed by atoms with Gasteiger partial charge < -0.3 is 24.4 Å². The molecule has 2 saturated heterocycles. The summed E-state index contributed by atoms with van der Waals surface area (Å²) >= 11 is 0. The second-order valence-corrected chi connectivity index (χ2v) is 14.2. The van der Waals surface area contributed by atoms with Crippen molar-refractivity contribution in [2.24, 2.45) is 17.3 Å². The molecule has 1 N–H and O–H groups in total. The first-order valence-corrected chi connectivity index (χ1v) is 16.2. The van der Waals surface area contributed by atoms with Gasteiger partial charge in [0.15, 0.2) is 0 Å². The molecule has 238 valence electrons. The van der Waals surface area contributed by atoms with E-state index in [2.05, 4.69) is 70.8 Å². The highest BCUT2D eigenvalue weighted by molar-refractivity contribution is 5.94. The van der Waals surface area contributed by atoms with E-state index in [1.807, 2.05) is 38.1 Å². The Morgan fingerprint density at radius 2 is 1.67 bits per heavy atom. The SMILES string of the molecule is C=C(c1ccc2c(c1)CCc1cc(C(=O)N(C)C)ccc1C2(CCNCC(=C)N1C(C#N)C2[C@H]3[C@@H]1[C@@]23C)c1nnc(C)o1)N(C)C. The van der Waals surface area contributed by atoms with Crippen LogP contribution in [0, 0.1) is 35.5 Å². The average molecular weight is 618 g/mol. The van der Waals surface area contributed by atoms with Crippen LogP contribution >= 0.6 is 0 Å². The van der Waals surface area contributed by atoms with E-state index in [-0.39, 0.29) is 11.9 Å². The van der Waals surface area contributed by atoms with Crippen molar-refractivity contribution in [3.05, 3.63) is 100 Å². The molecule has 3 aromatic rings. The van der Waals surface area contributed by atoms with Gasteiger partial charge in [0.05, 0.1) is 6.07 Å².